The van der Waals surface area contributed by atoms with Crippen LogP contribution in [0.2, 0.25) is 0 Å². The van der Waals surface area contributed by atoms with Crippen molar-refractivity contribution in [2.75, 3.05) is 5.32 Å². The molecule has 2 aliphatic rings. The van der Waals surface area contributed by atoms with E-state index < -0.39 is 5.60 Å². The van der Waals surface area contributed by atoms with Crippen molar-refractivity contribution in [3.05, 3.63) is 65.2 Å². The van der Waals surface area contributed by atoms with Crippen LogP contribution in [0.15, 0.2) is 48.5 Å². The number of aromatic nitrogens is 2. The molecule has 5 nitrogen and oxygen atoms in total. The molecular weight excluding hydrogens is 374 g/mol. The number of benzene rings is 2. The molecule has 0 bridgehead atoms. The minimum atomic E-state index is -0.461. The van der Waals surface area contributed by atoms with Gasteiger partial charge in [-0.1, -0.05) is 12.1 Å². The number of rotatable bonds is 3. The molecule has 0 unspecified atom stereocenters. The van der Waals surface area contributed by atoms with Crippen molar-refractivity contribution >= 4 is 17.3 Å². The average molecular weight is 399 g/mol. The molecule has 2 heterocycles. The van der Waals surface area contributed by atoms with Crippen LogP contribution in [0.5, 0.6) is 5.75 Å². The van der Waals surface area contributed by atoms with E-state index in [-0.39, 0.29) is 5.78 Å². The first-order chi connectivity index (χ1) is 14.5. The molecule has 0 fully saturated rings. The third-order valence-electron chi connectivity index (χ3n) is 5.83. The van der Waals surface area contributed by atoms with Gasteiger partial charge in [-0.05, 0) is 87.1 Å². The Bertz CT molecular complexity index is 1120. The summed E-state index contributed by atoms with van der Waals surface area (Å²) in [5.74, 6) is 1.37. The Morgan fingerprint density at radius 1 is 0.933 bits per heavy atom. The second kappa shape index (κ2) is 7.24. The number of nitrogens with one attached hydrogen (secondary N) is 1. The summed E-state index contributed by atoms with van der Waals surface area (Å²) in [6.07, 6.45) is 5.24. The zero-order valence-electron chi connectivity index (χ0n) is 17.4. The molecule has 0 atom stereocenters. The van der Waals surface area contributed by atoms with Crippen LogP contribution in [0.1, 0.15) is 54.6 Å². The van der Waals surface area contributed by atoms with E-state index in [1.165, 1.54) is 30.4 Å². The minimum Gasteiger partial charge on any atom is -0.487 e. The summed E-state index contributed by atoms with van der Waals surface area (Å²) in [7, 11) is 0. The zero-order valence-corrected chi connectivity index (χ0v) is 17.4. The van der Waals surface area contributed by atoms with Crippen LogP contribution in [0.3, 0.4) is 0 Å². The number of hydrogen-bond donors (Lipinski definition) is 1. The minimum absolute atomic E-state index is 0.0961. The van der Waals surface area contributed by atoms with E-state index in [4.69, 9.17) is 4.74 Å². The molecule has 0 radical (unpaired) electrons. The first-order valence-electron chi connectivity index (χ1n) is 10.6. The van der Waals surface area contributed by atoms with E-state index in [1.54, 1.807) is 0 Å². The van der Waals surface area contributed by atoms with Crippen LogP contribution in [-0.2, 0) is 12.8 Å². The smallest absolute Gasteiger partial charge is 0.170 e. The number of fused-ring (bicyclic) bond motifs is 2. The Kier molecular flexibility index (Phi) is 4.54. The normalized spacial score (nSPS) is 16.9. The lowest BCUT2D eigenvalue weighted by Gasteiger charge is -2.31. The van der Waals surface area contributed by atoms with E-state index in [9.17, 15) is 4.79 Å². The molecule has 0 spiro atoms. The number of Topliss-reactive ketones (excluding diaryl/α,β-unsaturated/α-hetero) is 1. The number of carbonyl (C=O) groups is 1. The van der Waals surface area contributed by atoms with Crippen molar-refractivity contribution in [1.29, 1.82) is 0 Å². The summed E-state index contributed by atoms with van der Waals surface area (Å²) in [6, 6.07) is 16.1. The van der Waals surface area contributed by atoms with Gasteiger partial charge in [0.2, 0.25) is 0 Å². The largest absolute Gasteiger partial charge is 0.487 e. The van der Waals surface area contributed by atoms with Gasteiger partial charge in [-0.3, -0.25) is 4.79 Å². The predicted octanol–water partition coefficient (Wildman–Crippen LogP) is 5.51. The molecular formula is C25H25N3O2. The predicted molar refractivity (Wildman–Crippen MR) is 117 cm³/mol. The zero-order chi connectivity index (χ0) is 20.7. The van der Waals surface area contributed by atoms with Gasteiger partial charge in [0.25, 0.3) is 0 Å². The molecule has 2 aromatic carbocycles. The fourth-order valence-corrected chi connectivity index (χ4v) is 4.32. The number of anilines is 2. The van der Waals surface area contributed by atoms with Crippen molar-refractivity contribution < 1.29 is 9.53 Å². The SMILES string of the molecule is CC1(C)CC(=O)c2cc(Nc3ccc(-c4ccc5c(c4)CCCC5)nn3)ccc2O1. The highest BCUT2D eigenvalue weighted by atomic mass is 16.5. The Morgan fingerprint density at radius 2 is 1.77 bits per heavy atom. The molecule has 0 saturated heterocycles. The number of aryl methyl sites for hydroxylation is 2. The monoisotopic (exact) mass is 399 g/mol. The highest BCUT2D eigenvalue weighted by molar-refractivity contribution is 6.01. The van der Waals surface area contributed by atoms with Gasteiger partial charge in [0.1, 0.15) is 11.4 Å². The number of hydrogen-bond acceptors (Lipinski definition) is 5. The van der Waals surface area contributed by atoms with Crippen LogP contribution in [0, 0.1) is 0 Å². The Balaban J connectivity index is 1.35. The topological polar surface area (TPSA) is 64.1 Å². The number of ether oxygens (including phenoxy) is 1. The van der Waals surface area contributed by atoms with E-state index in [1.807, 2.05) is 44.2 Å². The summed E-state index contributed by atoms with van der Waals surface area (Å²) in [4.78, 5) is 12.5. The lowest BCUT2D eigenvalue weighted by Crippen LogP contribution is -2.35. The maximum atomic E-state index is 12.5. The van der Waals surface area contributed by atoms with Gasteiger partial charge in [-0.25, -0.2) is 0 Å². The standard InChI is InChI=1S/C25H25N3O2/c1-25(2)15-22(29)20-14-19(9-11-23(20)30-25)26-24-12-10-21(27-28-24)18-8-7-16-5-3-4-6-17(16)13-18/h7-14H,3-6,15H2,1-2H3,(H,26,28). The maximum absolute atomic E-state index is 12.5. The van der Waals surface area contributed by atoms with Crippen LogP contribution in [0.4, 0.5) is 11.5 Å². The van der Waals surface area contributed by atoms with E-state index in [0.717, 1.165) is 23.4 Å². The van der Waals surface area contributed by atoms with Crippen molar-refractivity contribution in [3.8, 4) is 17.0 Å². The maximum Gasteiger partial charge on any atom is 0.170 e. The highest BCUT2D eigenvalue weighted by Gasteiger charge is 2.32. The molecule has 0 amide bonds. The van der Waals surface area contributed by atoms with Gasteiger partial charge in [-0.2, -0.15) is 0 Å². The van der Waals surface area contributed by atoms with E-state index >= 15 is 0 Å². The second-order valence-electron chi connectivity index (χ2n) is 8.79. The average Bonchev–Trinajstić information content (AvgIpc) is 2.74. The van der Waals surface area contributed by atoms with Crippen LogP contribution in [-0.4, -0.2) is 21.6 Å². The molecule has 30 heavy (non-hydrogen) atoms. The third-order valence-corrected chi connectivity index (χ3v) is 5.83. The molecule has 0 saturated carbocycles. The fraction of sp³-hybridized carbons (Fsp3) is 0.320. The fourth-order valence-electron chi connectivity index (χ4n) is 4.32. The van der Waals surface area contributed by atoms with Crippen LogP contribution >= 0.6 is 0 Å². The van der Waals surface area contributed by atoms with Gasteiger partial charge < -0.3 is 10.1 Å². The molecule has 1 aliphatic carbocycles. The Morgan fingerprint density at radius 3 is 2.57 bits per heavy atom. The number of ketones is 1. The van der Waals surface area contributed by atoms with E-state index in [0.29, 0.717) is 23.6 Å². The molecule has 5 rings (SSSR count). The van der Waals surface area contributed by atoms with Crippen molar-refractivity contribution in [3.63, 3.8) is 0 Å². The number of carbonyl (C=O) groups excluding carboxylic acids is 1. The summed E-state index contributed by atoms with van der Waals surface area (Å²) in [6.45, 7) is 3.86. The summed E-state index contributed by atoms with van der Waals surface area (Å²) < 4.78 is 5.92. The van der Waals surface area contributed by atoms with Gasteiger partial charge in [0, 0.05) is 11.3 Å². The molecule has 3 aromatic rings. The molecule has 1 N–H and O–H groups in total. The van der Waals surface area contributed by atoms with Crippen LogP contribution < -0.4 is 10.1 Å². The molecule has 152 valence electrons. The van der Waals surface area contributed by atoms with Crippen molar-refractivity contribution in [1.82, 2.24) is 10.2 Å². The first kappa shape index (κ1) is 18.8. The summed E-state index contributed by atoms with van der Waals surface area (Å²) in [5.41, 5.74) is 5.81. The molecule has 5 heteroatoms. The van der Waals surface area contributed by atoms with Crippen LogP contribution in [0.25, 0.3) is 11.3 Å². The highest BCUT2D eigenvalue weighted by Crippen LogP contribution is 2.35. The first-order valence-corrected chi connectivity index (χ1v) is 10.6. The lowest BCUT2D eigenvalue weighted by atomic mass is 9.90. The van der Waals surface area contributed by atoms with Gasteiger partial charge in [-0.15, -0.1) is 10.2 Å². The Labute approximate surface area is 176 Å². The summed E-state index contributed by atoms with van der Waals surface area (Å²) >= 11 is 0. The molecule has 1 aromatic heterocycles. The quantitative estimate of drug-likeness (QED) is 0.629. The van der Waals surface area contributed by atoms with E-state index in [2.05, 4.69) is 33.7 Å². The van der Waals surface area contributed by atoms with Gasteiger partial charge in [0.15, 0.2) is 11.6 Å². The van der Waals surface area contributed by atoms with Crippen molar-refractivity contribution in [2.24, 2.45) is 0 Å². The Hall–Kier alpha value is -3.21. The number of nitrogens with zero attached hydrogens (tertiary/aromatic N) is 2. The third kappa shape index (κ3) is 3.67. The second-order valence-corrected chi connectivity index (χ2v) is 8.79. The summed E-state index contributed by atoms with van der Waals surface area (Å²) in [5, 5.41) is 12.0. The van der Waals surface area contributed by atoms with Crippen molar-refractivity contribution in [2.45, 2.75) is 51.6 Å². The van der Waals surface area contributed by atoms with Gasteiger partial charge >= 0.3 is 0 Å². The lowest BCUT2D eigenvalue weighted by molar-refractivity contribution is 0.0620. The van der Waals surface area contributed by atoms with Gasteiger partial charge in [0.05, 0.1) is 17.7 Å². The molecule has 1 aliphatic heterocycles.